The second-order valence-electron chi connectivity index (χ2n) is 5.20. The maximum Gasteiger partial charge on any atom is 0.340 e. The van der Waals surface area contributed by atoms with Crippen molar-refractivity contribution in [2.75, 3.05) is 5.32 Å². The summed E-state index contributed by atoms with van der Waals surface area (Å²) in [6.07, 6.45) is 2.04. The molecular weight excluding hydrogens is 360 g/mol. The number of aryl methyl sites for hydroxylation is 2. The van der Waals surface area contributed by atoms with Gasteiger partial charge in [-0.05, 0) is 53.9 Å². The fourth-order valence-corrected chi connectivity index (χ4v) is 2.41. The molecule has 1 atom stereocenters. The van der Waals surface area contributed by atoms with Gasteiger partial charge in [0.1, 0.15) is 0 Å². The maximum atomic E-state index is 12.2. The van der Waals surface area contributed by atoms with Gasteiger partial charge < -0.3 is 10.1 Å². The summed E-state index contributed by atoms with van der Waals surface area (Å²) in [5.74, 6) is -0.971. The Bertz CT molecular complexity index is 726. The van der Waals surface area contributed by atoms with Crippen LogP contribution in [-0.2, 0) is 9.53 Å². The molecule has 0 aliphatic heterocycles. The SMILES string of the molecule is Cc1cccc(C)c1NC(=O)C(C)OC(=O)c1cncc(Br)c1. The Morgan fingerprint density at radius 3 is 2.48 bits per heavy atom. The lowest BCUT2D eigenvalue weighted by Gasteiger charge is -2.16. The van der Waals surface area contributed by atoms with Crippen molar-refractivity contribution in [3.8, 4) is 0 Å². The number of ether oxygens (including phenoxy) is 1. The number of carbonyl (C=O) groups excluding carboxylic acids is 2. The Balaban J connectivity index is 2.04. The van der Waals surface area contributed by atoms with Crippen LogP contribution in [0.15, 0.2) is 41.1 Å². The monoisotopic (exact) mass is 376 g/mol. The first-order valence-corrected chi connectivity index (χ1v) is 7.86. The van der Waals surface area contributed by atoms with Gasteiger partial charge >= 0.3 is 5.97 Å². The lowest BCUT2D eigenvalue weighted by atomic mass is 10.1. The second kappa shape index (κ2) is 7.37. The third-order valence-corrected chi connectivity index (χ3v) is 3.76. The highest BCUT2D eigenvalue weighted by Crippen LogP contribution is 2.20. The lowest BCUT2D eigenvalue weighted by Crippen LogP contribution is -2.30. The van der Waals surface area contributed by atoms with Gasteiger partial charge in [0.15, 0.2) is 6.10 Å². The number of rotatable bonds is 4. The number of anilines is 1. The highest BCUT2D eigenvalue weighted by molar-refractivity contribution is 9.10. The molecule has 1 heterocycles. The Hall–Kier alpha value is -2.21. The van der Waals surface area contributed by atoms with Crippen LogP contribution < -0.4 is 5.32 Å². The summed E-state index contributed by atoms with van der Waals surface area (Å²) < 4.78 is 5.86. The predicted octanol–water partition coefficient (Wildman–Crippen LogP) is 3.64. The quantitative estimate of drug-likeness (QED) is 0.826. The Morgan fingerprint density at radius 1 is 1.22 bits per heavy atom. The van der Waals surface area contributed by atoms with E-state index in [1.807, 2.05) is 32.0 Å². The predicted molar refractivity (Wildman–Crippen MR) is 91.4 cm³/mol. The number of hydrogen-bond acceptors (Lipinski definition) is 4. The van der Waals surface area contributed by atoms with Crippen molar-refractivity contribution in [1.29, 1.82) is 0 Å². The minimum absolute atomic E-state index is 0.283. The number of esters is 1. The van der Waals surface area contributed by atoms with Gasteiger partial charge in [-0.3, -0.25) is 9.78 Å². The first kappa shape index (κ1) is 17.1. The van der Waals surface area contributed by atoms with Crippen LogP contribution in [0.2, 0.25) is 0 Å². The summed E-state index contributed by atoms with van der Waals surface area (Å²) in [4.78, 5) is 28.2. The smallest absolute Gasteiger partial charge is 0.340 e. The first-order valence-electron chi connectivity index (χ1n) is 7.07. The Morgan fingerprint density at radius 2 is 1.87 bits per heavy atom. The normalized spacial score (nSPS) is 11.7. The molecule has 0 aliphatic carbocycles. The van der Waals surface area contributed by atoms with E-state index < -0.39 is 12.1 Å². The van der Waals surface area contributed by atoms with Crippen LogP contribution in [0.25, 0.3) is 0 Å². The topological polar surface area (TPSA) is 68.3 Å². The van der Waals surface area contributed by atoms with Crippen molar-refractivity contribution in [3.63, 3.8) is 0 Å². The number of carbonyl (C=O) groups is 2. The van der Waals surface area contributed by atoms with Crippen LogP contribution in [0.3, 0.4) is 0 Å². The van der Waals surface area contributed by atoms with Crippen LogP contribution in [-0.4, -0.2) is 23.0 Å². The number of aromatic nitrogens is 1. The maximum absolute atomic E-state index is 12.2. The van der Waals surface area contributed by atoms with E-state index in [0.717, 1.165) is 16.8 Å². The number of para-hydroxylation sites is 1. The number of halogens is 1. The fourth-order valence-electron chi connectivity index (χ4n) is 2.04. The zero-order valence-corrected chi connectivity index (χ0v) is 14.7. The Kier molecular flexibility index (Phi) is 5.50. The summed E-state index contributed by atoms with van der Waals surface area (Å²) in [6.45, 7) is 5.35. The minimum atomic E-state index is -0.916. The third kappa shape index (κ3) is 4.39. The first-order chi connectivity index (χ1) is 10.9. The van der Waals surface area contributed by atoms with E-state index in [1.165, 1.54) is 13.1 Å². The molecule has 0 saturated heterocycles. The zero-order chi connectivity index (χ0) is 17.0. The number of nitrogens with one attached hydrogen (secondary N) is 1. The molecule has 1 unspecified atom stereocenters. The van der Waals surface area contributed by atoms with Gasteiger partial charge in [0.2, 0.25) is 0 Å². The van der Waals surface area contributed by atoms with Gasteiger partial charge in [-0.1, -0.05) is 18.2 Å². The van der Waals surface area contributed by atoms with Crippen molar-refractivity contribution in [1.82, 2.24) is 4.98 Å². The largest absolute Gasteiger partial charge is 0.449 e. The molecule has 2 aromatic rings. The van der Waals surface area contributed by atoms with Crippen molar-refractivity contribution < 1.29 is 14.3 Å². The molecule has 0 saturated carbocycles. The fraction of sp³-hybridized carbons (Fsp3) is 0.235. The molecule has 23 heavy (non-hydrogen) atoms. The van der Waals surface area contributed by atoms with Crippen molar-refractivity contribution in [2.45, 2.75) is 26.9 Å². The molecule has 5 nitrogen and oxygen atoms in total. The van der Waals surface area contributed by atoms with Gasteiger partial charge in [-0.2, -0.15) is 0 Å². The van der Waals surface area contributed by atoms with Crippen molar-refractivity contribution in [2.24, 2.45) is 0 Å². The van der Waals surface area contributed by atoms with Gasteiger partial charge in [0, 0.05) is 22.6 Å². The average molecular weight is 377 g/mol. The van der Waals surface area contributed by atoms with E-state index in [0.29, 0.717) is 4.47 Å². The highest BCUT2D eigenvalue weighted by atomic mass is 79.9. The van der Waals surface area contributed by atoms with Gasteiger partial charge in [-0.25, -0.2) is 4.79 Å². The average Bonchev–Trinajstić information content (AvgIpc) is 2.50. The molecule has 1 aromatic carbocycles. The number of benzene rings is 1. The molecule has 2 rings (SSSR count). The van der Waals surface area contributed by atoms with Gasteiger partial charge in [0.05, 0.1) is 5.56 Å². The summed E-state index contributed by atoms with van der Waals surface area (Å²) in [5, 5.41) is 2.81. The number of amides is 1. The van der Waals surface area contributed by atoms with Gasteiger partial charge in [-0.15, -0.1) is 0 Å². The van der Waals surface area contributed by atoms with Crippen LogP contribution in [0.1, 0.15) is 28.4 Å². The Labute approximate surface area is 143 Å². The van der Waals surface area contributed by atoms with Crippen molar-refractivity contribution >= 4 is 33.5 Å². The van der Waals surface area contributed by atoms with E-state index in [2.05, 4.69) is 26.2 Å². The molecule has 1 N–H and O–H groups in total. The van der Waals surface area contributed by atoms with Crippen LogP contribution >= 0.6 is 15.9 Å². The molecular formula is C17H17BrN2O3. The molecule has 0 radical (unpaired) electrons. The molecule has 0 aliphatic rings. The van der Waals surface area contributed by atoms with Crippen LogP contribution in [0.5, 0.6) is 0 Å². The summed E-state index contributed by atoms with van der Waals surface area (Å²) in [5.41, 5.74) is 2.93. The number of hydrogen-bond donors (Lipinski definition) is 1. The van der Waals surface area contributed by atoms with E-state index in [9.17, 15) is 9.59 Å². The number of nitrogens with zero attached hydrogens (tertiary/aromatic N) is 1. The van der Waals surface area contributed by atoms with E-state index in [1.54, 1.807) is 12.3 Å². The number of pyridine rings is 1. The molecule has 0 spiro atoms. The summed E-state index contributed by atoms with van der Waals surface area (Å²) >= 11 is 3.24. The third-order valence-electron chi connectivity index (χ3n) is 3.32. The minimum Gasteiger partial charge on any atom is -0.449 e. The molecule has 0 fully saturated rings. The second-order valence-corrected chi connectivity index (χ2v) is 6.11. The van der Waals surface area contributed by atoms with Crippen LogP contribution in [0.4, 0.5) is 5.69 Å². The standard InChI is InChI=1S/C17H17BrN2O3/c1-10-5-4-6-11(2)15(10)20-16(21)12(3)23-17(22)13-7-14(18)9-19-8-13/h4-9,12H,1-3H3,(H,20,21). The van der Waals surface area contributed by atoms with Crippen molar-refractivity contribution in [3.05, 3.63) is 57.8 Å². The summed E-state index contributed by atoms with van der Waals surface area (Å²) in [6, 6.07) is 7.33. The molecule has 1 amide bonds. The van der Waals surface area contributed by atoms with Gasteiger partial charge in [0.25, 0.3) is 5.91 Å². The van der Waals surface area contributed by atoms with E-state index in [4.69, 9.17) is 4.74 Å². The molecule has 0 bridgehead atoms. The summed E-state index contributed by atoms with van der Waals surface area (Å²) in [7, 11) is 0. The lowest BCUT2D eigenvalue weighted by molar-refractivity contribution is -0.123. The highest BCUT2D eigenvalue weighted by Gasteiger charge is 2.20. The van der Waals surface area contributed by atoms with Crippen LogP contribution in [0, 0.1) is 13.8 Å². The zero-order valence-electron chi connectivity index (χ0n) is 13.1. The molecule has 6 heteroatoms. The van der Waals surface area contributed by atoms with E-state index in [-0.39, 0.29) is 11.5 Å². The molecule has 120 valence electrons. The molecule has 1 aromatic heterocycles. The van der Waals surface area contributed by atoms with E-state index >= 15 is 0 Å².